The van der Waals surface area contributed by atoms with E-state index < -0.39 is 0 Å². The average molecular weight is 345 g/mol. The topological polar surface area (TPSA) is 49.8 Å². The maximum Gasteiger partial charge on any atom is 0.132 e. The van der Waals surface area contributed by atoms with E-state index in [0.29, 0.717) is 12.6 Å². The summed E-state index contributed by atoms with van der Waals surface area (Å²) in [5.41, 5.74) is 1.06. The van der Waals surface area contributed by atoms with Crippen molar-refractivity contribution in [3.8, 4) is 0 Å². The van der Waals surface area contributed by atoms with Crippen LogP contribution in [0.1, 0.15) is 49.9 Å². The summed E-state index contributed by atoms with van der Waals surface area (Å²) in [7, 11) is 0. The average Bonchev–Trinajstić information content (AvgIpc) is 2.82. The molecule has 0 saturated heterocycles. The molecule has 1 aromatic heterocycles. The van der Waals surface area contributed by atoms with Crippen LogP contribution in [-0.2, 0) is 6.54 Å². The van der Waals surface area contributed by atoms with Gasteiger partial charge in [-0.25, -0.2) is 9.97 Å². The van der Waals surface area contributed by atoms with Crippen LogP contribution in [0.3, 0.4) is 0 Å². The smallest absolute Gasteiger partial charge is 0.132 e. The van der Waals surface area contributed by atoms with Crippen molar-refractivity contribution in [3.63, 3.8) is 0 Å². The number of nitrogens with zero attached hydrogens (tertiary/aromatic N) is 2. The van der Waals surface area contributed by atoms with Crippen LogP contribution in [0.2, 0.25) is 5.02 Å². The number of halogens is 1. The Morgan fingerprint density at radius 3 is 2.50 bits per heavy atom. The molecule has 0 atom stereocenters. The molecule has 1 saturated carbocycles. The summed E-state index contributed by atoms with van der Waals surface area (Å²) in [6.45, 7) is 2.58. The molecule has 1 heterocycles. The number of aromatic nitrogens is 2. The molecule has 0 aliphatic heterocycles. The fourth-order valence-electron chi connectivity index (χ4n) is 3.19. The first-order chi connectivity index (χ1) is 11.7. The summed E-state index contributed by atoms with van der Waals surface area (Å²) in [6.07, 6.45) is 7.77. The van der Waals surface area contributed by atoms with Crippen LogP contribution >= 0.6 is 11.6 Å². The highest BCUT2D eigenvalue weighted by molar-refractivity contribution is 6.31. The number of hydrogen-bond acceptors (Lipinski definition) is 4. The minimum atomic E-state index is 0.526. The largest absolute Gasteiger partial charge is 0.367 e. The lowest BCUT2D eigenvalue weighted by Gasteiger charge is -2.18. The molecule has 2 aromatic rings. The van der Waals surface area contributed by atoms with Crippen LogP contribution in [-0.4, -0.2) is 16.0 Å². The predicted molar refractivity (Wildman–Crippen MR) is 101 cm³/mol. The second-order valence-electron chi connectivity index (χ2n) is 6.46. The van der Waals surface area contributed by atoms with E-state index in [4.69, 9.17) is 11.6 Å². The Labute approximate surface area is 149 Å². The lowest BCUT2D eigenvalue weighted by atomic mass is 10.1. The molecule has 0 amide bonds. The predicted octanol–water partition coefficient (Wildman–Crippen LogP) is 5.19. The molecule has 1 fully saturated rings. The molecule has 0 bridgehead atoms. The molecular weight excluding hydrogens is 320 g/mol. The Hall–Kier alpha value is -1.81. The van der Waals surface area contributed by atoms with Crippen molar-refractivity contribution in [2.24, 2.45) is 0 Å². The number of nitrogens with one attached hydrogen (secondary N) is 2. The second kappa shape index (κ2) is 8.34. The van der Waals surface area contributed by atoms with Gasteiger partial charge in [-0.2, -0.15) is 0 Å². The van der Waals surface area contributed by atoms with E-state index in [0.717, 1.165) is 28.0 Å². The number of rotatable bonds is 5. The summed E-state index contributed by atoms with van der Waals surface area (Å²) < 4.78 is 0. The van der Waals surface area contributed by atoms with Gasteiger partial charge in [0, 0.05) is 23.7 Å². The molecule has 1 aliphatic rings. The van der Waals surface area contributed by atoms with Crippen LogP contribution in [0.15, 0.2) is 30.3 Å². The number of hydrogen-bond donors (Lipinski definition) is 2. The zero-order valence-electron chi connectivity index (χ0n) is 14.2. The van der Waals surface area contributed by atoms with Gasteiger partial charge in [-0.1, -0.05) is 55.5 Å². The van der Waals surface area contributed by atoms with Crippen molar-refractivity contribution in [1.29, 1.82) is 0 Å². The van der Waals surface area contributed by atoms with E-state index in [-0.39, 0.29) is 0 Å². The van der Waals surface area contributed by atoms with Crippen LogP contribution in [0.4, 0.5) is 11.6 Å². The summed E-state index contributed by atoms with van der Waals surface area (Å²) in [4.78, 5) is 9.03. The summed E-state index contributed by atoms with van der Waals surface area (Å²) in [5.74, 6) is 2.52. The van der Waals surface area contributed by atoms with Gasteiger partial charge in [0.15, 0.2) is 0 Å². The molecule has 1 aliphatic carbocycles. The van der Waals surface area contributed by atoms with E-state index in [1.54, 1.807) is 0 Å². The van der Waals surface area contributed by atoms with E-state index in [9.17, 15) is 0 Å². The Morgan fingerprint density at radius 2 is 1.75 bits per heavy atom. The van der Waals surface area contributed by atoms with Gasteiger partial charge in [-0.15, -0.1) is 0 Å². The number of aryl methyl sites for hydroxylation is 1. The third-order valence-electron chi connectivity index (χ3n) is 4.46. The van der Waals surface area contributed by atoms with Crippen LogP contribution in [0.25, 0.3) is 0 Å². The molecule has 3 rings (SSSR count). The lowest BCUT2D eigenvalue weighted by molar-refractivity contribution is 0.617. The van der Waals surface area contributed by atoms with Crippen molar-refractivity contribution < 1.29 is 0 Å². The first kappa shape index (κ1) is 17.0. The fourth-order valence-corrected chi connectivity index (χ4v) is 3.40. The van der Waals surface area contributed by atoms with Crippen molar-refractivity contribution in [1.82, 2.24) is 9.97 Å². The summed E-state index contributed by atoms with van der Waals surface area (Å²) in [5, 5.41) is 7.72. The molecular formula is C19H25ClN4. The van der Waals surface area contributed by atoms with Gasteiger partial charge in [0.1, 0.15) is 17.5 Å². The fraction of sp³-hybridized carbons (Fsp3) is 0.474. The Balaban J connectivity index is 1.66. The normalized spacial score (nSPS) is 15.8. The zero-order valence-corrected chi connectivity index (χ0v) is 14.9. The zero-order chi connectivity index (χ0) is 16.8. The van der Waals surface area contributed by atoms with Crippen molar-refractivity contribution in [2.75, 3.05) is 10.6 Å². The van der Waals surface area contributed by atoms with Gasteiger partial charge >= 0.3 is 0 Å². The molecule has 24 heavy (non-hydrogen) atoms. The van der Waals surface area contributed by atoms with Gasteiger partial charge in [-0.3, -0.25) is 0 Å². The molecule has 0 unspecified atom stereocenters. The molecule has 128 valence electrons. The van der Waals surface area contributed by atoms with Crippen LogP contribution in [0, 0.1) is 6.92 Å². The standard InChI is InChI=1S/C19H25ClN4/c1-14-22-18(21-13-15-8-6-7-11-17(15)20)12-19(23-14)24-16-9-4-2-3-5-10-16/h6-8,11-12,16H,2-5,9-10,13H2,1H3,(H2,21,22,23,24). The Bertz CT molecular complexity index is 666. The molecule has 1 aromatic carbocycles. The van der Waals surface area contributed by atoms with Gasteiger partial charge < -0.3 is 10.6 Å². The Morgan fingerprint density at radius 1 is 1.04 bits per heavy atom. The van der Waals surface area contributed by atoms with Crippen molar-refractivity contribution >= 4 is 23.2 Å². The monoisotopic (exact) mass is 344 g/mol. The van der Waals surface area contributed by atoms with Gasteiger partial charge in [-0.05, 0) is 31.4 Å². The van der Waals surface area contributed by atoms with Crippen LogP contribution < -0.4 is 10.6 Å². The second-order valence-corrected chi connectivity index (χ2v) is 6.87. The SMILES string of the molecule is Cc1nc(NCc2ccccc2Cl)cc(NC2CCCCCC2)n1. The van der Waals surface area contributed by atoms with E-state index >= 15 is 0 Å². The van der Waals surface area contributed by atoms with Gasteiger partial charge in [0.25, 0.3) is 0 Å². The molecule has 2 N–H and O–H groups in total. The first-order valence-electron chi connectivity index (χ1n) is 8.80. The highest BCUT2D eigenvalue weighted by Crippen LogP contribution is 2.22. The molecule has 0 spiro atoms. The summed E-state index contributed by atoms with van der Waals surface area (Å²) >= 11 is 6.21. The lowest BCUT2D eigenvalue weighted by Crippen LogP contribution is -2.19. The van der Waals surface area contributed by atoms with Gasteiger partial charge in [0.05, 0.1) is 0 Å². The highest BCUT2D eigenvalue weighted by atomic mass is 35.5. The van der Waals surface area contributed by atoms with E-state index in [2.05, 4.69) is 20.6 Å². The number of anilines is 2. The Kier molecular flexibility index (Phi) is 5.91. The van der Waals surface area contributed by atoms with E-state index in [1.165, 1.54) is 38.5 Å². The maximum atomic E-state index is 6.21. The maximum absolute atomic E-state index is 6.21. The first-order valence-corrected chi connectivity index (χ1v) is 9.18. The number of benzene rings is 1. The minimum absolute atomic E-state index is 0.526. The molecule has 5 heteroatoms. The third-order valence-corrected chi connectivity index (χ3v) is 4.83. The molecule has 4 nitrogen and oxygen atoms in total. The quantitative estimate of drug-likeness (QED) is 0.733. The van der Waals surface area contributed by atoms with Crippen molar-refractivity contribution in [3.05, 3.63) is 46.7 Å². The highest BCUT2D eigenvalue weighted by Gasteiger charge is 2.13. The molecule has 0 radical (unpaired) electrons. The summed E-state index contributed by atoms with van der Waals surface area (Å²) in [6, 6.07) is 10.4. The van der Waals surface area contributed by atoms with E-state index in [1.807, 2.05) is 37.3 Å². The van der Waals surface area contributed by atoms with Crippen molar-refractivity contribution in [2.45, 2.75) is 58.0 Å². The minimum Gasteiger partial charge on any atom is -0.367 e. The third kappa shape index (κ3) is 4.84. The van der Waals surface area contributed by atoms with Crippen LogP contribution in [0.5, 0.6) is 0 Å². The van der Waals surface area contributed by atoms with Gasteiger partial charge in [0.2, 0.25) is 0 Å².